The van der Waals surface area contributed by atoms with Crippen molar-refractivity contribution in [3.8, 4) is 11.5 Å². The average Bonchev–Trinajstić information content (AvgIpc) is 3.27. The molecule has 6 nitrogen and oxygen atoms in total. The molecule has 2 rings (SSSR count). The Labute approximate surface area is 116 Å². The van der Waals surface area contributed by atoms with Crippen LogP contribution in [-0.4, -0.2) is 36.7 Å². The fourth-order valence-corrected chi connectivity index (χ4v) is 1.87. The highest BCUT2D eigenvalue weighted by atomic mass is 16.5. The van der Waals surface area contributed by atoms with E-state index in [1.807, 2.05) is 0 Å². The molecule has 0 saturated heterocycles. The molecule has 0 aliphatic heterocycles. The number of rotatable bonds is 7. The summed E-state index contributed by atoms with van der Waals surface area (Å²) in [5.41, 5.74) is 0. The minimum absolute atomic E-state index is 0.0493. The summed E-state index contributed by atoms with van der Waals surface area (Å²) >= 11 is 0. The van der Waals surface area contributed by atoms with Crippen molar-refractivity contribution < 1.29 is 24.2 Å². The maximum atomic E-state index is 11.7. The quantitative estimate of drug-likeness (QED) is 0.779. The van der Waals surface area contributed by atoms with Gasteiger partial charge in [-0.25, -0.2) is 4.79 Å². The number of hydrogen-bond donors (Lipinski definition) is 2. The van der Waals surface area contributed by atoms with Gasteiger partial charge >= 0.3 is 5.97 Å². The van der Waals surface area contributed by atoms with Crippen LogP contribution in [0.3, 0.4) is 0 Å². The van der Waals surface area contributed by atoms with Gasteiger partial charge in [-0.15, -0.1) is 0 Å². The predicted octanol–water partition coefficient (Wildman–Crippen LogP) is 1.05. The van der Waals surface area contributed by atoms with Crippen molar-refractivity contribution in [2.75, 3.05) is 13.7 Å². The van der Waals surface area contributed by atoms with Gasteiger partial charge < -0.3 is 19.9 Å². The Hall–Kier alpha value is -2.24. The molecule has 0 bridgehead atoms. The number of carbonyl (C=O) groups is 2. The zero-order chi connectivity index (χ0) is 14.5. The molecule has 1 unspecified atom stereocenters. The molecule has 2 N–H and O–H groups in total. The van der Waals surface area contributed by atoms with Gasteiger partial charge in [0.15, 0.2) is 6.61 Å². The van der Waals surface area contributed by atoms with Crippen LogP contribution in [0.1, 0.15) is 12.8 Å². The summed E-state index contributed by atoms with van der Waals surface area (Å²) in [7, 11) is 1.54. The largest absolute Gasteiger partial charge is 0.497 e. The molecule has 0 radical (unpaired) electrons. The molecule has 6 heteroatoms. The molecule has 0 aromatic heterocycles. The Bertz CT molecular complexity index is 498. The minimum Gasteiger partial charge on any atom is -0.497 e. The summed E-state index contributed by atoms with van der Waals surface area (Å²) < 4.78 is 10.3. The van der Waals surface area contributed by atoms with Gasteiger partial charge in [-0.3, -0.25) is 4.79 Å². The molecule has 1 fully saturated rings. The number of amides is 1. The smallest absolute Gasteiger partial charge is 0.326 e. The van der Waals surface area contributed by atoms with Crippen LogP contribution >= 0.6 is 0 Å². The molecular formula is C14H17NO5. The monoisotopic (exact) mass is 279 g/mol. The Morgan fingerprint density at radius 3 is 2.70 bits per heavy atom. The van der Waals surface area contributed by atoms with Crippen molar-refractivity contribution in [1.82, 2.24) is 5.32 Å². The lowest BCUT2D eigenvalue weighted by Gasteiger charge is -2.14. The van der Waals surface area contributed by atoms with E-state index in [4.69, 9.17) is 14.6 Å². The SMILES string of the molecule is COc1cccc(OCC(=O)NC(C(=O)O)C2CC2)c1. The molecule has 1 atom stereocenters. The fraction of sp³-hybridized carbons (Fsp3) is 0.429. The minimum atomic E-state index is -0.998. The third kappa shape index (κ3) is 3.88. The molecule has 1 saturated carbocycles. The number of carbonyl (C=O) groups excluding carboxylic acids is 1. The van der Waals surface area contributed by atoms with E-state index >= 15 is 0 Å². The molecule has 1 aromatic rings. The highest BCUT2D eigenvalue weighted by Gasteiger charge is 2.37. The highest BCUT2D eigenvalue weighted by Crippen LogP contribution is 2.32. The van der Waals surface area contributed by atoms with E-state index in [2.05, 4.69) is 5.32 Å². The standard InChI is InChI=1S/C14H17NO5/c1-19-10-3-2-4-11(7-10)20-8-12(16)15-13(14(17)18)9-5-6-9/h2-4,7,9,13H,5-6,8H2,1H3,(H,15,16)(H,17,18). The number of carboxylic acid groups (broad SMARTS) is 1. The number of hydrogen-bond acceptors (Lipinski definition) is 4. The van der Waals surface area contributed by atoms with Crippen LogP contribution in [0, 0.1) is 5.92 Å². The molecule has 0 spiro atoms. The maximum absolute atomic E-state index is 11.7. The third-order valence-corrected chi connectivity index (χ3v) is 3.09. The van der Waals surface area contributed by atoms with Crippen molar-refractivity contribution >= 4 is 11.9 Å². The first-order chi connectivity index (χ1) is 9.60. The van der Waals surface area contributed by atoms with Crippen LogP contribution in [0.4, 0.5) is 0 Å². The van der Waals surface area contributed by atoms with Gasteiger partial charge in [-0.1, -0.05) is 6.07 Å². The van der Waals surface area contributed by atoms with E-state index in [0.29, 0.717) is 11.5 Å². The van der Waals surface area contributed by atoms with Crippen molar-refractivity contribution in [2.45, 2.75) is 18.9 Å². The molecule has 108 valence electrons. The molecule has 0 heterocycles. The Kier molecular flexibility index (Phi) is 4.45. The van der Waals surface area contributed by atoms with Crippen LogP contribution in [0.5, 0.6) is 11.5 Å². The first-order valence-electron chi connectivity index (χ1n) is 6.39. The van der Waals surface area contributed by atoms with Crippen LogP contribution in [0.15, 0.2) is 24.3 Å². The van der Waals surface area contributed by atoms with E-state index in [1.54, 1.807) is 31.4 Å². The van der Waals surface area contributed by atoms with Crippen LogP contribution in [0.25, 0.3) is 0 Å². The first-order valence-corrected chi connectivity index (χ1v) is 6.39. The second-order valence-corrected chi connectivity index (χ2v) is 4.69. The van der Waals surface area contributed by atoms with Crippen molar-refractivity contribution in [3.63, 3.8) is 0 Å². The van der Waals surface area contributed by atoms with Gasteiger partial charge in [0.2, 0.25) is 0 Å². The highest BCUT2D eigenvalue weighted by molar-refractivity contribution is 5.84. The predicted molar refractivity (Wildman–Crippen MR) is 70.8 cm³/mol. The van der Waals surface area contributed by atoms with Gasteiger partial charge in [-0.2, -0.15) is 0 Å². The molecule has 1 aliphatic rings. The number of carboxylic acids is 1. The van der Waals surface area contributed by atoms with Crippen molar-refractivity contribution in [3.05, 3.63) is 24.3 Å². The third-order valence-electron chi connectivity index (χ3n) is 3.09. The van der Waals surface area contributed by atoms with E-state index in [1.165, 1.54) is 0 Å². The van der Waals surface area contributed by atoms with Gasteiger partial charge in [0.05, 0.1) is 7.11 Å². The second kappa shape index (κ2) is 6.27. The second-order valence-electron chi connectivity index (χ2n) is 4.69. The van der Waals surface area contributed by atoms with Crippen LogP contribution < -0.4 is 14.8 Å². The Morgan fingerprint density at radius 1 is 1.40 bits per heavy atom. The van der Waals surface area contributed by atoms with Crippen LogP contribution in [0.2, 0.25) is 0 Å². The Morgan fingerprint density at radius 2 is 2.10 bits per heavy atom. The molecule has 1 aromatic carbocycles. The van der Waals surface area contributed by atoms with E-state index in [9.17, 15) is 9.59 Å². The van der Waals surface area contributed by atoms with E-state index < -0.39 is 17.9 Å². The van der Waals surface area contributed by atoms with Gasteiger partial charge in [0.1, 0.15) is 17.5 Å². The van der Waals surface area contributed by atoms with Crippen LogP contribution in [-0.2, 0) is 9.59 Å². The lowest BCUT2D eigenvalue weighted by Crippen LogP contribution is -2.44. The maximum Gasteiger partial charge on any atom is 0.326 e. The summed E-state index contributed by atoms with van der Waals surface area (Å²) in [5, 5.41) is 11.5. The van der Waals surface area contributed by atoms with Crippen molar-refractivity contribution in [1.29, 1.82) is 0 Å². The number of methoxy groups -OCH3 is 1. The van der Waals surface area contributed by atoms with Gasteiger partial charge in [0, 0.05) is 6.07 Å². The summed E-state index contributed by atoms with van der Waals surface area (Å²) in [5.74, 6) is -0.260. The van der Waals surface area contributed by atoms with Crippen molar-refractivity contribution in [2.24, 2.45) is 5.92 Å². The van der Waals surface area contributed by atoms with Gasteiger partial charge in [0.25, 0.3) is 5.91 Å². The summed E-state index contributed by atoms with van der Waals surface area (Å²) in [6, 6.07) is 6.06. The lowest BCUT2D eigenvalue weighted by molar-refractivity contribution is -0.142. The molecule has 1 amide bonds. The fourth-order valence-electron chi connectivity index (χ4n) is 1.87. The van der Waals surface area contributed by atoms with E-state index in [-0.39, 0.29) is 12.5 Å². The summed E-state index contributed by atoms with van der Waals surface area (Å²) in [6.45, 7) is -0.219. The molecule has 20 heavy (non-hydrogen) atoms. The number of nitrogens with one attached hydrogen (secondary N) is 1. The zero-order valence-corrected chi connectivity index (χ0v) is 11.2. The number of benzene rings is 1. The Balaban J connectivity index is 1.83. The number of aliphatic carboxylic acids is 1. The topological polar surface area (TPSA) is 84.9 Å². The summed E-state index contributed by atoms with van der Waals surface area (Å²) in [4.78, 5) is 22.7. The van der Waals surface area contributed by atoms with E-state index in [0.717, 1.165) is 12.8 Å². The number of ether oxygens (including phenoxy) is 2. The average molecular weight is 279 g/mol. The first kappa shape index (κ1) is 14.2. The lowest BCUT2D eigenvalue weighted by atomic mass is 10.2. The summed E-state index contributed by atoms with van der Waals surface area (Å²) in [6.07, 6.45) is 1.68. The zero-order valence-electron chi connectivity index (χ0n) is 11.2. The normalized spacial score (nSPS) is 15.2. The van der Waals surface area contributed by atoms with Gasteiger partial charge in [-0.05, 0) is 30.9 Å². The molecular weight excluding hydrogens is 262 g/mol. The molecule has 1 aliphatic carbocycles.